The lowest BCUT2D eigenvalue weighted by molar-refractivity contribution is -0.274. The molecule has 1 aromatic heterocycles. The normalized spacial score (nSPS) is 19.0. The molecule has 8 nitrogen and oxygen atoms in total. The molecular weight excluding hydrogens is 521 g/mol. The Kier molecular flexibility index (Phi) is 7.06. The number of anilines is 2. The molecule has 5 rings (SSSR count). The standard InChI is InChI=1S/C26H23F3N4O4S/c1-2-36-23(34)12-18-13-30-25(38-18)33-24(35)14-3-8-19-21(11-15-10-20(15)32-22(19)9-14)31-16-4-6-17(7-5-16)37-26(27,28)29/h3-9,13,15,20,32H,2,10-12H2,1H3,(H,30,33,35). The molecule has 38 heavy (non-hydrogen) atoms. The average molecular weight is 545 g/mol. The van der Waals surface area contributed by atoms with Crippen molar-refractivity contribution in [1.29, 1.82) is 0 Å². The number of amides is 1. The molecule has 0 bridgehead atoms. The van der Waals surface area contributed by atoms with Crippen LogP contribution >= 0.6 is 11.3 Å². The van der Waals surface area contributed by atoms with E-state index < -0.39 is 6.36 Å². The molecule has 12 heteroatoms. The van der Waals surface area contributed by atoms with Gasteiger partial charge in [0.25, 0.3) is 5.91 Å². The van der Waals surface area contributed by atoms with Gasteiger partial charge in [-0.1, -0.05) is 6.07 Å². The fourth-order valence-electron chi connectivity index (χ4n) is 4.22. The lowest BCUT2D eigenvalue weighted by Gasteiger charge is -2.13. The molecule has 2 heterocycles. The minimum absolute atomic E-state index is 0.0902. The number of alkyl halides is 3. The summed E-state index contributed by atoms with van der Waals surface area (Å²) in [5, 5.41) is 6.62. The van der Waals surface area contributed by atoms with Gasteiger partial charge in [0.05, 0.1) is 24.4 Å². The van der Waals surface area contributed by atoms with Crippen molar-refractivity contribution < 1.29 is 32.2 Å². The zero-order valence-electron chi connectivity index (χ0n) is 20.2. The number of fused-ring (bicyclic) bond motifs is 2. The highest BCUT2D eigenvalue weighted by molar-refractivity contribution is 7.15. The van der Waals surface area contributed by atoms with Crippen molar-refractivity contribution in [3.63, 3.8) is 0 Å². The van der Waals surface area contributed by atoms with E-state index in [9.17, 15) is 22.8 Å². The van der Waals surface area contributed by atoms with Gasteiger partial charge in [0, 0.05) is 33.9 Å². The molecule has 3 aromatic rings. The summed E-state index contributed by atoms with van der Waals surface area (Å²) in [7, 11) is 0. The van der Waals surface area contributed by atoms with Crippen LogP contribution in [0, 0.1) is 5.92 Å². The van der Waals surface area contributed by atoms with Crippen LogP contribution in [0.25, 0.3) is 0 Å². The SMILES string of the molecule is CCOC(=O)Cc1cnc(NC(=O)c2ccc3c(c2)NC2CC2CC3=Nc2ccc(OC(F)(F)F)cc2)s1. The molecule has 1 amide bonds. The molecule has 2 aliphatic rings. The van der Waals surface area contributed by atoms with E-state index in [4.69, 9.17) is 9.73 Å². The van der Waals surface area contributed by atoms with Crippen LogP contribution in [0.5, 0.6) is 5.75 Å². The number of halogens is 3. The smallest absolute Gasteiger partial charge is 0.466 e. The Morgan fingerprint density at radius 3 is 2.74 bits per heavy atom. The number of ether oxygens (including phenoxy) is 2. The number of hydrogen-bond donors (Lipinski definition) is 2. The highest BCUT2D eigenvalue weighted by Gasteiger charge is 2.41. The third kappa shape index (κ3) is 6.31. The number of esters is 1. The first kappa shape index (κ1) is 25.7. The molecule has 1 fully saturated rings. The molecule has 2 unspecified atom stereocenters. The van der Waals surface area contributed by atoms with Crippen LogP contribution in [-0.2, 0) is 16.0 Å². The fourth-order valence-corrected chi connectivity index (χ4v) is 5.01. The molecule has 2 N–H and O–H groups in total. The summed E-state index contributed by atoms with van der Waals surface area (Å²) in [6, 6.07) is 10.9. The summed E-state index contributed by atoms with van der Waals surface area (Å²) in [6.07, 6.45) is -1.45. The maximum Gasteiger partial charge on any atom is 0.573 e. The first-order chi connectivity index (χ1) is 18.2. The highest BCUT2D eigenvalue weighted by atomic mass is 32.1. The number of carbonyl (C=O) groups excluding carboxylic acids is 2. The zero-order chi connectivity index (χ0) is 26.9. The van der Waals surface area contributed by atoms with Gasteiger partial charge >= 0.3 is 12.3 Å². The van der Waals surface area contributed by atoms with Crippen LogP contribution in [0.3, 0.4) is 0 Å². The average Bonchev–Trinajstić information content (AvgIpc) is 3.46. The molecule has 0 spiro atoms. The van der Waals surface area contributed by atoms with Gasteiger partial charge < -0.3 is 14.8 Å². The van der Waals surface area contributed by atoms with Crippen LogP contribution in [-0.4, -0.2) is 41.6 Å². The molecule has 2 atom stereocenters. The van der Waals surface area contributed by atoms with Crippen molar-refractivity contribution in [3.8, 4) is 5.75 Å². The van der Waals surface area contributed by atoms with E-state index >= 15 is 0 Å². The third-order valence-corrected chi connectivity index (χ3v) is 6.96. The molecule has 0 saturated heterocycles. The van der Waals surface area contributed by atoms with Gasteiger partial charge in [0.2, 0.25) is 0 Å². The molecule has 0 radical (unpaired) electrons. The summed E-state index contributed by atoms with van der Waals surface area (Å²) in [5.74, 6) is -0.621. The second-order valence-corrected chi connectivity index (χ2v) is 9.99. The van der Waals surface area contributed by atoms with Crippen LogP contribution in [0.4, 0.5) is 29.7 Å². The minimum atomic E-state index is -4.76. The van der Waals surface area contributed by atoms with Gasteiger partial charge in [0.1, 0.15) is 5.75 Å². The summed E-state index contributed by atoms with van der Waals surface area (Å²) in [5.41, 5.74) is 3.31. The van der Waals surface area contributed by atoms with E-state index in [0.29, 0.717) is 40.2 Å². The van der Waals surface area contributed by atoms with Gasteiger partial charge in [-0.25, -0.2) is 4.98 Å². The number of benzene rings is 2. The van der Waals surface area contributed by atoms with Crippen LogP contribution < -0.4 is 15.4 Å². The largest absolute Gasteiger partial charge is 0.573 e. The number of nitrogens with zero attached hydrogens (tertiary/aromatic N) is 2. The monoisotopic (exact) mass is 544 g/mol. The van der Waals surface area contributed by atoms with Crippen LogP contribution in [0.1, 0.15) is 40.6 Å². The Bertz CT molecular complexity index is 1390. The van der Waals surface area contributed by atoms with Crippen LogP contribution in [0.15, 0.2) is 53.7 Å². The van der Waals surface area contributed by atoms with E-state index in [1.165, 1.54) is 41.8 Å². The summed E-state index contributed by atoms with van der Waals surface area (Å²) < 4.78 is 46.2. The van der Waals surface area contributed by atoms with Crippen LogP contribution in [0.2, 0.25) is 0 Å². The van der Waals surface area contributed by atoms with E-state index in [0.717, 1.165) is 23.4 Å². The van der Waals surface area contributed by atoms with Gasteiger partial charge in [-0.3, -0.25) is 19.9 Å². The number of aromatic nitrogens is 1. The van der Waals surface area contributed by atoms with E-state index in [-0.39, 0.29) is 30.1 Å². The van der Waals surface area contributed by atoms with Gasteiger partial charge in [0.15, 0.2) is 5.13 Å². The lowest BCUT2D eigenvalue weighted by atomic mass is 10.0. The maximum atomic E-state index is 12.9. The van der Waals surface area contributed by atoms with Crippen molar-refractivity contribution in [2.45, 2.75) is 38.6 Å². The van der Waals surface area contributed by atoms with Crippen molar-refractivity contribution >= 4 is 45.4 Å². The maximum absolute atomic E-state index is 12.9. The summed E-state index contributed by atoms with van der Waals surface area (Å²) in [4.78, 5) is 34.2. The first-order valence-corrected chi connectivity index (χ1v) is 12.7. The van der Waals surface area contributed by atoms with Gasteiger partial charge in [-0.05, 0) is 62.1 Å². The molecule has 1 saturated carbocycles. The summed E-state index contributed by atoms with van der Waals surface area (Å²) in [6.45, 7) is 2.03. The third-order valence-electron chi connectivity index (χ3n) is 6.04. The number of rotatable bonds is 7. The second-order valence-electron chi connectivity index (χ2n) is 8.88. The quantitative estimate of drug-likeness (QED) is 0.369. The van der Waals surface area contributed by atoms with E-state index in [2.05, 4.69) is 20.4 Å². The Labute approximate surface area is 219 Å². The minimum Gasteiger partial charge on any atom is -0.466 e. The second kappa shape index (κ2) is 10.4. The number of carbonyl (C=O) groups is 2. The highest BCUT2D eigenvalue weighted by Crippen LogP contribution is 2.42. The topological polar surface area (TPSA) is 102 Å². The molecule has 2 aromatic carbocycles. The van der Waals surface area contributed by atoms with E-state index in [1.54, 1.807) is 19.1 Å². The molecule has 1 aliphatic carbocycles. The predicted octanol–water partition coefficient (Wildman–Crippen LogP) is 5.72. The van der Waals surface area contributed by atoms with Crippen molar-refractivity contribution in [2.24, 2.45) is 10.9 Å². The zero-order valence-corrected chi connectivity index (χ0v) is 21.0. The first-order valence-electron chi connectivity index (χ1n) is 11.9. The molecular formula is C26H23F3N4O4S. The Morgan fingerprint density at radius 1 is 1.21 bits per heavy atom. The van der Waals surface area contributed by atoms with Gasteiger partial charge in [-0.15, -0.1) is 24.5 Å². The number of aliphatic imine (C=N–C) groups is 1. The Hall–Kier alpha value is -3.93. The number of nitrogens with one attached hydrogen (secondary N) is 2. The van der Waals surface area contributed by atoms with Gasteiger partial charge in [-0.2, -0.15) is 0 Å². The Balaban J connectivity index is 1.33. The molecule has 1 aliphatic heterocycles. The molecule has 198 valence electrons. The Morgan fingerprint density at radius 2 is 2.00 bits per heavy atom. The lowest BCUT2D eigenvalue weighted by Crippen LogP contribution is -2.16. The summed E-state index contributed by atoms with van der Waals surface area (Å²) >= 11 is 1.20. The number of thiazole rings is 1. The van der Waals surface area contributed by atoms with Crippen molar-refractivity contribution in [1.82, 2.24) is 4.98 Å². The fraction of sp³-hybridized carbons (Fsp3) is 0.308. The predicted molar refractivity (Wildman–Crippen MR) is 136 cm³/mol. The van der Waals surface area contributed by atoms with Crippen molar-refractivity contribution in [2.75, 3.05) is 17.2 Å². The number of hydrogen-bond acceptors (Lipinski definition) is 8. The van der Waals surface area contributed by atoms with E-state index in [1.807, 2.05) is 6.07 Å². The van der Waals surface area contributed by atoms with Crippen molar-refractivity contribution in [3.05, 3.63) is 64.7 Å².